The van der Waals surface area contributed by atoms with Crippen molar-refractivity contribution in [2.75, 3.05) is 0 Å². The number of hydrogen-bond donors (Lipinski definition) is 1. The van der Waals surface area contributed by atoms with Gasteiger partial charge in [-0.05, 0) is 24.3 Å². The number of hydrogen-bond acceptors (Lipinski definition) is 2. The summed E-state index contributed by atoms with van der Waals surface area (Å²) in [5.74, 6) is -1.05. The van der Waals surface area contributed by atoms with Crippen LogP contribution in [-0.2, 0) is 0 Å². The van der Waals surface area contributed by atoms with E-state index in [9.17, 15) is 14.0 Å². The topological polar surface area (TPSA) is 54.9 Å². The van der Waals surface area contributed by atoms with Gasteiger partial charge in [0.15, 0.2) is 0 Å². The molecule has 0 aliphatic rings. The highest BCUT2D eigenvalue weighted by Crippen LogP contribution is 2.23. The molecule has 27 heavy (non-hydrogen) atoms. The highest BCUT2D eigenvalue weighted by molar-refractivity contribution is 6.12. The first-order valence-electron chi connectivity index (χ1n) is 8.41. The average Bonchev–Trinajstić information content (AvgIpc) is 3.06. The molecule has 4 nitrogen and oxygen atoms in total. The molecule has 0 aliphatic carbocycles. The maximum atomic E-state index is 13.6. The summed E-state index contributed by atoms with van der Waals surface area (Å²) in [5.41, 5.74) is 1.34. The Morgan fingerprint density at radius 2 is 1.52 bits per heavy atom. The van der Waals surface area contributed by atoms with Crippen molar-refractivity contribution < 1.29 is 9.18 Å². The van der Waals surface area contributed by atoms with Crippen LogP contribution in [0.1, 0.15) is 15.9 Å². The summed E-state index contributed by atoms with van der Waals surface area (Å²) in [6.07, 6.45) is 0. The molecule has 0 aliphatic heterocycles. The van der Waals surface area contributed by atoms with Crippen LogP contribution in [0.3, 0.4) is 0 Å². The van der Waals surface area contributed by atoms with Gasteiger partial charge in [-0.15, -0.1) is 0 Å². The minimum Gasteiger partial charge on any atom is -0.290 e. The minimum atomic E-state index is -0.527. The molecule has 0 fully saturated rings. The fraction of sp³-hybridized carbons (Fsp3) is 0. The van der Waals surface area contributed by atoms with Gasteiger partial charge in [-0.25, -0.2) is 9.07 Å². The van der Waals surface area contributed by atoms with E-state index < -0.39 is 17.2 Å². The van der Waals surface area contributed by atoms with Gasteiger partial charge in [0, 0.05) is 11.1 Å². The van der Waals surface area contributed by atoms with E-state index >= 15 is 0 Å². The van der Waals surface area contributed by atoms with E-state index in [0.29, 0.717) is 16.9 Å². The lowest BCUT2D eigenvalue weighted by molar-refractivity contribution is 0.103. The maximum Gasteiger partial charge on any atom is 0.283 e. The van der Waals surface area contributed by atoms with Crippen LogP contribution >= 0.6 is 0 Å². The monoisotopic (exact) mass is 358 g/mol. The summed E-state index contributed by atoms with van der Waals surface area (Å²) in [6, 6.07) is 23.4. The lowest BCUT2D eigenvalue weighted by Gasteiger charge is -2.03. The zero-order chi connectivity index (χ0) is 18.8. The number of benzene rings is 3. The smallest absolute Gasteiger partial charge is 0.283 e. The Balaban J connectivity index is 1.95. The molecule has 0 saturated heterocycles. The number of aromatic amines is 1. The molecule has 0 atom stereocenters. The summed E-state index contributed by atoms with van der Waals surface area (Å²) in [5, 5.41) is 3.04. The zero-order valence-electron chi connectivity index (χ0n) is 14.2. The van der Waals surface area contributed by atoms with Crippen molar-refractivity contribution in [3.05, 3.63) is 112 Å². The minimum absolute atomic E-state index is 0.0179. The Kier molecular flexibility index (Phi) is 4.26. The number of carbonyl (C=O) groups excluding carboxylic acids is 1. The Bertz CT molecular complexity index is 1160. The van der Waals surface area contributed by atoms with Gasteiger partial charge in [0.25, 0.3) is 5.56 Å². The van der Waals surface area contributed by atoms with Crippen LogP contribution in [0.4, 0.5) is 4.39 Å². The van der Waals surface area contributed by atoms with E-state index in [0.717, 1.165) is 6.07 Å². The maximum absolute atomic E-state index is 13.6. The molecule has 3 aromatic carbocycles. The van der Waals surface area contributed by atoms with Gasteiger partial charge in [-0.1, -0.05) is 60.7 Å². The molecule has 0 saturated carbocycles. The van der Waals surface area contributed by atoms with Crippen LogP contribution in [-0.4, -0.2) is 15.6 Å². The summed E-state index contributed by atoms with van der Waals surface area (Å²) >= 11 is 0. The van der Waals surface area contributed by atoms with E-state index in [1.165, 1.54) is 22.9 Å². The first-order valence-corrected chi connectivity index (χ1v) is 8.41. The summed E-state index contributed by atoms with van der Waals surface area (Å²) < 4.78 is 14.9. The predicted octanol–water partition coefficient (Wildman–Crippen LogP) is 4.20. The fourth-order valence-electron chi connectivity index (χ4n) is 2.99. The van der Waals surface area contributed by atoms with Gasteiger partial charge in [-0.3, -0.25) is 14.7 Å². The van der Waals surface area contributed by atoms with Crippen LogP contribution in [0.15, 0.2) is 89.7 Å². The number of aromatic nitrogens is 2. The second-order valence-electron chi connectivity index (χ2n) is 6.04. The van der Waals surface area contributed by atoms with E-state index in [1.54, 1.807) is 24.3 Å². The molecule has 4 rings (SSSR count). The van der Waals surface area contributed by atoms with Crippen molar-refractivity contribution in [1.82, 2.24) is 9.78 Å². The third-order valence-corrected chi connectivity index (χ3v) is 4.28. The molecular formula is C22H15FN2O2. The summed E-state index contributed by atoms with van der Waals surface area (Å²) in [4.78, 5) is 26.1. The normalized spacial score (nSPS) is 10.7. The lowest BCUT2D eigenvalue weighted by atomic mass is 10.00. The number of halogens is 1. The van der Waals surface area contributed by atoms with Crippen LogP contribution in [0.5, 0.6) is 0 Å². The van der Waals surface area contributed by atoms with Crippen LogP contribution in [0.25, 0.3) is 16.9 Å². The molecule has 1 N–H and O–H groups in total. The number of carbonyl (C=O) groups is 1. The molecule has 132 valence electrons. The van der Waals surface area contributed by atoms with Gasteiger partial charge in [-0.2, -0.15) is 0 Å². The second-order valence-corrected chi connectivity index (χ2v) is 6.04. The van der Waals surface area contributed by atoms with Crippen LogP contribution in [0, 0.1) is 5.82 Å². The molecule has 0 unspecified atom stereocenters. The molecule has 5 heteroatoms. The quantitative estimate of drug-likeness (QED) is 0.556. The largest absolute Gasteiger partial charge is 0.290 e. The first-order chi connectivity index (χ1) is 13.1. The van der Waals surface area contributed by atoms with Gasteiger partial charge < -0.3 is 0 Å². The van der Waals surface area contributed by atoms with Crippen LogP contribution < -0.4 is 5.56 Å². The standard InChI is InChI=1S/C22H15FN2O2/c23-17-11-7-10-16(14-17)21(26)19-20(15-8-3-1-4-9-15)24-25(22(19)27)18-12-5-2-6-13-18/h1-14,24H. The molecule has 1 aromatic heterocycles. The average molecular weight is 358 g/mol. The first kappa shape index (κ1) is 16.7. The molecule has 0 amide bonds. The van der Waals surface area contributed by atoms with Gasteiger partial charge in [0.05, 0.1) is 11.4 Å². The number of nitrogens with zero attached hydrogens (tertiary/aromatic N) is 1. The Morgan fingerprint density at radius 3 is 2.19 bits per heavy atom. The third kappa shape index (κ3) is 3.11. The lowest BCUT2D eigenvalue weighted by Crippen LogP contribution is -2.20. The number of H-pyrrole nitrogens is 1. The van der Waals surface area contributed by atoms with E-state index in [4.69, 9.17) is 0 Å². The molecular weight excluding hydrogens is 343 g/mol. The number of nitrogens with one attached hydrogen (secondary N) is 1. The van der Waals surface area contributed by atoms with Crippen molar-refractivity contribution in [3.8, 4) is 16.9 Å². The van der Waals surface area contributed by atoms with E-state index in [2.05, 4.69) is 5.10 Å². The highest BCUT2D eigenvalue weighted by atomic mass is 19.1. The van der Waals surface area contributed by atoms with Crippen molar-refractivity contribution >= 4 is 5.78 Å². The number of ketones is 1. The second kappa shape index (κ2) is 6.88. The van der Waals surface area contributed by atoms with E-state index in [-0.39, 0.29) is 11.1 Å². The molecule has 0 spiro atoms. The third-order valence-electron chi connectivity index (χ3n) is 4.28. The SMILES string of the molecule is O=C(c1cccc(F)c1)c1c(-c2ccccc2)[nH]n(-c2ccccc2)c1=O. The summed E-state index contributed by atoms with van der Waals surface area (Å²) in [6.45, 7) is 0. The fourth-order valence-corrected chi connectivity index (χ4v) is 2.99. The molecule has 0 bridgehead atoms. The predicted molar refractivity (Wildman–Crippen MR) is 102 cm³/mol. The van der Waals surface area contributed by atoms with Crippen molar-refractivity contribution in [1.29, 1.82) is 0 Å². The highest BCUT2D eigenvalue weighted by Gasteiger charge is 2.24. The Morgan fingerprint density at radius 1 is 0.852 bits per heavy atom. The Labute approximate surface area is 154 Å². The van der Waals surface area contributed by atoms with Crippen LogP contribution in [0.2, 0.25) is 0 Å². The van der Waals surface area contributed by atoms with Crippen molar-refractivity contribution in [3.63, 3.8) is 0 Å². The Hall–Kier alpha value is -3.73. The van der Waals surface area contributed by atoms with Crippen molar-refractivity contribution in [2.24, 2.45) is 0 Å². The molecule has 0 radical (unpaired) electrons. The van der Waals surface area contributed by atoms with Gasteiger partial charge in [0.2, 0.25) is 5.78 Å². The van der Waals surface area contributed by atoms with Gasteiger partial charge in [0.1, 0.15) is 11.4 Å². The zero-order valence-corrected chi connectivity index (χ0v) is 14.2. The van der Waals surface area contributed by atoms with Gasteiger partial charge >= 0.3 is 0 Å². The number of rotatable bonds is 4. The number of para-hydroxylation sites is 1. The summed E-state index contributed by atoms with van der Waals surface area (Å²) in [7, 11) is 0. The molecule has 4 aromatic rings. The molecule has 1 heterocycles. The van der Waals surface area contributed by atoms with E-state index in [1.807, 2.05) is 36.4 Å². The van der Waals surface area contributed by atoms with Crippen molar-refractivity contribution in [2.45, 2.75) is 0 Å².